The average Bonchev–Trinajstić information content (AvgIpc) is 3.61. The number of nitrogens with one attached hydrogen (secondary N) is 1. The molecule has 1 fully saturated rings. The molecule has 148 valence electrons. The molecule has 1 amide bonds. The third-order valence-corrected chi connectivity index (χ3v) is 5.31. The Morgan fingerprint density at radius 2 is 1.93 bits per heavy atom. The molecular formula is C24H26N4O. The smallest absolute Gasteiger partial charge is 0.259 e. The fourth-order valence-corrected chi connectivity index (χ4v) is 3.50. The van der Waals surface area contributed by atoms with Crippen LogP contribution in [0.3, 0.4) is 0 Å². The summed E-state index contributed by atoms with van der Waals surface area (Å²) in [6, 6.07) is 20.0. The van der Waals surface area contributed by atoms with Crippen LogP contribution >= 0.6 is 0 Å². The number of hydrogen-bond acceptors (Lipinski definition) is 4. The van der Waals surface area contributed by atoms with Crippen molar-refractivity contribution in [1.82, 2.24) is 9.97 Å². The van der Waals surface area contributed by atoms with E-state index < -0.39 is 0 Å². The van der Waals surface area contributed by atoms with Crippen molar-refractivity contribution in [2.75, 3.05) is 16.8 Å². The van der Waals surface area contributed by atoms with Crippen LogP contribution in [0.2, 0.25) is 0 Å². The van der Waals surface area contributed by atoms with Gasteiger partial charge in [-0.3, -0.25) is 9.69 Å². The monoisotopic (exact) mass is 386 g/mol. The minimum absolute atomic E-state index is 0.0317. The Morgan fingerprint density at radius 1 is 1.14 bits per heavy atom. The molecule has 0 radical (unpaired) electrons. The van der Waals surface area contributed by atoms with Gasteiger partial charge in [0.25, 0.3) is 5.91 Å². The number of anilines is 2. The predicted octanol–water partition coefficient (Wildman–Crippen LogP) is 5.19. The molecule has 0 spiro atoms. The highest BCUT2D eigenvalue weighted by molar-refractivity contribution is 6.05. The summed E-state index contributed by atoms with van der Waals surface area (Å²) >= 11 is 0. The topological polar surface area (TPSA) is 58.1 Å². The third kappa shape index (κ3) is 4.45. The second-order valence-corrected chi connectivity index (χ2v) is 7.46. The van der Waals surface area contributed by atoms with Crippen LogP contribution in [0.25, 0.3) is 0 Å². The molecule has 0 aliphatic heterocycles. The minimum atomic E-state index is -0.0317. The van der Waals surface area contributed by atoms with E-state index in [0.717, 1.165) is 5.56 Å². The van der Waals surface area contributed by atoms with Crippen LogP contribution in [0.15, 0.2) is 66.9 Å². The number of nitrogens with zero attached hydrogens (tertiary/aromatic N) is 3. The molecule has 4 rings (SSSR count). The number of carbonyl (C=O) groups is 1. The highest BCUT2D eigenvalue weighted by atomic mass is 16.2. The molecule has 1 aliphatic carbocycles. The van der Waals surface area contributed by atoms with Crippen LogP contribution in [-0.2, 0) is 0 Å². The van der Waals surface area contributed by atoms with Crippen LogP contribution in [0.5, 0.6) is 0 Å². The van der Waals surface area contributed by atoms with E-state index in [9.17, 15) is 4.79 Å². The van der Waals surface area contributed by atoms with Gasteiger partial charge in [0.1, 0.15) is 5.82 Å². The number of hydrogen-bond donors (Lipinski definition) is 1. The lowest BCUT2D eigenvalue weighted by Crippen LogP contribution is -2.31. The van der Waals surface area contributed by atoms with Gasteiger partial charge >= 0.3 is 0 Å². The van der Waals surface area contributed by atoms with Gasteiger partial charge in [-0.15, -0.1) is 0 Å². The zero-order valence-electron chi connectivity index (χ0n) is 16.9. The van der Waals surface area contributed by atoms with E-state index in [1.165, 1.54) is 18.4 Å². The third-order valence-electron chi connectivity index (χ3n) is 5.31. The SMILES string of the molecule is CCN(C(=O)c1cccc(C2CC2)c1)c1ccnc(N[C@@H](C)c2ccccc2)n1. The maximum absolute atomic E-state index is 13.2. The molecule has 1 heterocycles. The molecule has 1 N–H and O–H groups in total. The van der Waals surface area contributed by atoms with E-state index in [2.05, 4.69) is 40.4 Å². The summed E-state index contributed by atoms with van der Waals surface area (Å²) in [7, 11) is 0. The first-order valence-electron chi connectivity index (χ1n) is 10.2. The summed E-state index contributed by atoms with van der Waals surface area (Å²) in [6.07, 6.45) is 4.13. The summed E-state index contributed by atoms with van der Waals surface area (Å²) in [6.45, 7) is 4.57. The van der Waals surface area contributed by atoms with Crippen molar-refractivity contribution in [1.29, 1.82) is 0 Å². The van der Waals surface area contributed by atoms with Gasteiger partial charge in [-0.05, 0) is 61.9 Å². The van der Waals surface area contributed by atoms with Crippen molar-refractivity contribution in [3.05, 3.63) is 83.6 Å². The molecule has 1 atom stereocenters. The summed E-state index contributed by atoms with van der Waals surface area (Å²) in [5.74, 6) is 1.70. The van der Waals surface area contributed by atoms with Crippen molar-refractivity contribution in [2.45, 2.75) is 38.6 Å². The van der Waals surface area contributed by atoms with Gasteiger partial charge in [0.15, 0.2) is 0 Å². The number of aromatic nitrogens is 2. The standard InChI is InChI=1S/C24H26N4O/c1-3-28(23(29)21-11-7-10-20(16-21)19-12-13-19)22-14-15-25-24(27-22)26-17(2)18-8-5-4-6-9-18/h4-11,14-17,19H,3,12-13H2,1-2H3,(H,25,26,27)/t17-/m0/s1. The summed E-state index contributed by atoms with van der Waals surface area (Å²) < 4.78 is 0. The quantitative estimate of drug-likeness (QED) is 0.607. The van der Waals surface area contributed by atoms with Crippen LogP contribution in [-0.4, -0.2) is 22.4 Å². The Kier molecular flexibility index (Phi) is 5.56. The van der Waals surface area contributed by atoms with Gasteiger partial charge in [0.2, 0.25) is 5.95 Å². The van der Waals surface area contributed by atoms with E-state index in [1.54, 1.807) is 17.2 Å². The Bertz CT molecular complexity index is 985. The molecule has 1 aliphatic rings. The minimum Gasteiger partial charge on any atom is -0.348 e. The first-order chi connectivity index (χ1) is 14.2. The van der Waals surface area contributed by atoms with E-state index in [-0.39, 0.29) is 11.9 Å². The van der Waals surface area contributed by atoms with Gasteiger partial charge in [0.05, 0.1) is 6.04 Å². The normalized spacial score (nSPS) is 14.3. The largest absolute Gasteiger partial charge is 0.348 e. The fourth-order valence-electron chi connectivity index (χ4n) is 3.50. The summed E-state index contributed by atoms with van der Waals surface area (Å²) in [4.78, 5) is 23.8. The molecule has 1 aromatic heterocycles. The fraction of sp³-hybridized carbons (Fsp3) is 0.292. The molecule has 1 saturated carbocycles. The molecule has 29 heavy (non-hydrogen) atoms. The van der Waals surface area contributed by atoms with Gasteiger partial charge in [0, 0.05) is 18.3 Å². The zero-order chi connectivity index (χ0) is 20.2. The molecule has 3 aromatic rings. The second kappa shape index (κ2) is 8.43. The summed E-state index contributed by atoms with van der Waals surface area (Å²) in [5, 5.41) is 3.33. The molecule has 0 unspecified atom stereocenters. The van der Waals surface area contributed by atoms with Crippen LogP contribution in [0, 0.1) is 0 Å². The maximum Gasteiger partial charge on any atom is 0.259 e. The van der Waals surface area contributed by atoms with Crippen LogP contribution < -0.4 is 10.2 Å². The molecule has 5 heteroatoms. The lowest BCUT2D eigenvalue weighted by molar-refractivity contribution is 0.0987. The Hall–Kier alpha value is -3.21. The zero-order valence-corrected chi connectivity index (χ0v) is 16.9. The van der Waals surface area contributed by atoms with Gasteiger partial charge in [-0.25, -0.2) is 4.98 Å². The number of rotatable bonds is 7. The second-order valence-electron chi connectivity index (χ2n) is 7.46. The Balaban J connectivity index is 1.54. The van der Waals surface area contributed by atoms with Crippen molar-refractivity contribution in [3.8, 4) is 0 Å². The number of amides is 1. The maximum atomic E-state index is 13.2. The predicted molar refractivity (Wildman–Crippen MR) is 116 cm³/mol. The lowest BCUT2D eigenvalue weighted by atomic mass is 10.1. The van der Waals surface area contributed by atoms with Gasteiger partial charge < -0.3 is 5.32 Å². The highest BCUT2D eigenvalue weighted by Crippen LogP contribution is 2.40. The van der Waals surface area contributed by atoms with Crippen molar-refractivity contribution >= 4 is 17.7 Å². The van der Waals surface area contributed by atoms with E-state index in [4.69, 9.17) is 0 Å². The van der Waals surface area contributed by atoms with Crippen molar-refractivity contribution < 1.29 is 4.79 Å². The molecule has 0 bridgehead atoms. The molecule has 0 saturated heterocycles. The van der Waals surface area contributed by atoms with E-state index in [0.29, 0.717) is 29.8 Å². The van der Waals surface area contributed by atoms with Crippen molar-refractivity contribution in [2.24, 2.45) is 0 Å². The first kappa shape index (κ1) is 19.1. The number of carbonyl (C=O) groups excluding carboxylic acids is 1. The highest BCUT2D eigenvalue weighted by Gasteiger charge is 2.25. The Labute approximate surface area is 171 Å². The number of benzene rings is 2. The lowest BCUT2D eigenvalue weighted by Gasteiger charge is -2.21. The van der Waals surface area contributed by atoms with Crippen LogP contribution in [0.1, 0.15) is 60.1 Å². The van der Waals surface area contributed by atoms with Crippen molar-refractivity contribution in [3.63, 3.8) is 0 Å². The van der Waals surface area contributed by atoms with E-state index in [1.807, 2.05) is 43.3 Å². The first-order valence-corrected chi connectivity index (χ1v) is 10.2. The summed E-state index contributed by atoms with van der Waals surface area (Å²) in [5.41, 5.74) is 3.12. The van der Waals surface area contributed by atoms with E-state index >= 15 is 0 Å². The van der Waals surface area contributed by atoms with Gasteiger partial charge in [-0.2, -0.15) is 4.98 Å². The Morgan fingerprint density at radius 3 is 2.66 bits per heavy atom. The molecule has 5 nitrogen and oxygen atoms in total. The molecular weight excluding hydrogens is 360 g/mol. The van der Waals surface area contributed by atoms with Gasteiger partial charge in [-0.1, -0.05) is 42.5 Å². The average molecular weight is 386 g/mol. The molecule has 2 aromatic carbocycles. The van der Waals surface area contributed by atoms with Crippen LogP contribution in [0.4, 0.5) is 11.8 Å².